The molecule has 2 aromatic carbocycles. The van der Waals surface area contributed by atoms with Gasteiger partial charge < -0.3 is 15.1 Å². The number of rotatable bonds is 5. The van der Waals surface area contributed by atoms with Crippen molar-refractivity contribution >= 4 is 17.7 Å². The fourth-order valence-corrected chi connectivity index (χ4v) is 4.41. The van der Waals surface area contributed by atoms with Gasteiger partial charge in [-0.15, -0.1) is 0 Å². The second-order valence-corrected chi connectivity index (χ2v) is 8.61. The third-order valence-electron chi connectivity index (χ3n) is 6.20. The minimum atomic E-state index is -0.303. The Kier molecular flexibility index (Phi) is 6.35. The summed E-state index contributed by atoms with van der Waals surface area (Å²) in [7, 11) is 0. The minimum Gasteiger partial charge on any atom is -0.353 e. The molecule has 2 aliphatic heterocycles. The van der Waals surface area contributed by atoms with Gasteiger partial charge in [0.1, 0.15) is 0 Å². The zero-order valence-corrected chi connectivity index (χ0v) is 17.9. The number of nitrogens with zero attached hydrogens (tertiary/aromatic N) is 2. The van der Waals surface area contributed by atoms with Crippen LogP contribution < -0.4 is 5.32 Å². The van der Waals surface area contributed by atoms with Gasteiger partial charge in [-0.25, -0.2) is 0 Å². The molecule has 3 amide bonds. The van der Waals surface area contributed by atoms with Crippen LogP contribution in [0.1, 0.15) is 40.7 Å². The zero-order chi connectivity index (χ0) is 21.8. The first-order chi connectivity index (χ1) is 15.0. The van der Waals surface area contributed by atoms with Gasteiger partial charge >= 0.3 is 0 Å². The number of hydrogen-bond donors (Lipinski definition) is 1. The predicted octanol–water partition coefficient (Wildman–Crippen LogP) is 2.76. The molecule has 6 nitrogen and oxygen atoms in total. The molecular weight excluding hydrogens is 390 g/mol. The van der Waals surface area contributed by atoms with Crippen molar-refractivity contribution in [3.8, 4) is 0 Å². The van der Waals surface area contributed by atoms with Crippen LogP contribution in [-0.2, 0) is 16.1 Å². The molecule has 2 heterocycles. The summed E-state index contributed by atoms with van der Waals surface area (Å²) in [5.74, 6) is -0.274. The molecule has 0 radical (unpaired) electrons. The summed E-state index contributed by atoms with van der Waals surface area (Å²) in [4.78, 5) is 41.5. The normalized spacial score (nSPS) is 19.5. The monoisotopic (exact) mass is 419 g/mol. The highest BCUT2D eigenvalue weighted by molar-refractivity contribution is 5.94. The Hall–Kier alpha value is -3.15. The molecule has 1 N–H and O–H groups in total. The van der Waals surface area contributed by atoms with E-state index < -0.39 is 0 Å². The summed E-state index contributed by atoms with van der Waals surface area (Å²) in [6, 6.07) is 17.5. The summed E-state index contributed by atoms with van der Waals surface area (Å²) < 4.78 is 0. The van der Waals surface area contributed by atoms with Gasteiger partial charge in [0.05, 0.1) is 5.92 Å². The van der Waals surface area contributed by atoms with E-state index in [1.54, 1.807) is 4.90 Å². The molecule has 4 rings (SSSR count). The molecule has 0 aromatic heterocycles. The Morgan fingerprint density at radius 1 is 1.03 bits per heavy atom. The molecule has 2 saturated heterocycles. The quantitative estimate of drug-likeness (QED) is 0.810. The lowest BCUT2D eigenvalue weighted by molar-refractivity contribution is -0.129. The molecule has 31 heavy (non-hydrogen) atoms. The van der Waals surface area contributed by atoms with E-state index in [1.807, 2.05) is 66.4 Å². The Balaban J connectivity index is 1.25. The Morgan fingerprint density at radius 2 is 1.77 bits per heavy atom. The van der Waals surface area contributed by atoms with E-state index in [0.717, 1.165) is 24.0 Å². The van der Waals surface area contributed by atoms with Gasteiger partial charge in [0.15, 0.2) is 0 Å². The summed E-state index contributed by atoms with van der Waals surface area (Å²) in [5, 5.41) is 3.12. The summed E-state index contributed by atoms with van der Waals surface area (Å²) in [6.07, 6.45) is 1.73. The molecule has 2 fully saturated rings. The smallest absolute Gasteiger partial charge is 0.253 e. The third kappa shape index (κ3) is 5.13. The number of amides is 3. The van der Waals surface area contributed by atoms with Crippen LogP contribution in [0.5, 0.6) is 0 Å². The van der Waals surface area contributed by atoms with E-state index >= 15 is 0 Å². The number of benzene rings is 2. The number of carbonyl (C=O) groups is 3. The van der Waals surface area contributed by atoms with Crippen LogP contribution in [0.2, 0.25) is 0 Å². The van der Waals surface area contributed by atoms with Crippen LogP contribution in [0.25, 0.3) is 0 Å². The standard InChI is InChI=1S/C25H29N3O3/c1-18-6-5-9-20(14-18)25(31)27-12-10-22(11-13-27)26-24(30)21-15-23(29)28(17-21)16-19-7-3-2-4-8-19/h2-9,14,21-22H,10-13,15-17H2,1H3,(H,26,30). The van der Waals surface area contributed by atoms with Crippen molar-refractivity contribution in [2.45, 2.75) is 38.8 Å². The SMILES string of the molecule is Cc1cccc(C(=O)N2CCC(NC(=O)C3CC(=O)N(Cc4ccccc4)C3)CC2)c1. The highest BCUT2D eigenvalue weighted by Gasteiger charge is 2.35. The molecule has 0 spiro atoms. The van der Waals surface area contributed by atoms with Gasteiger partial charge in [0.2, 0.25) is 11.8 Å². The Morgan fingerprint density at radius 3 is 2.48 bits per heavy atom. The van der Waals surface area contributed by atoms with Gasteiger partial charge in [-0.1, -0.05) is 48.0 Å². The molecule has 0 aliphatic carbocycles. The molecule has 1 unspecified atom stereocenters. The number of likely N-dealkylation sites (tertiary alicyclic amines) is 2. The highest BCUT2D eigenvalue weighted by atomic mass is 16.2. The zero-order valence-electron chi connectivity index (χ0n) is 17.9. The second kappa shape index (κ2) is 9.33. The Bertz CT molecular complexity index is 951. The maximum absolute atomic E-state index is 12.8. The first-order valence-corrected chi connectivity index (χ1v) is 11.0. The number of aryl methyl sites for hydroxylation is 1. The van der Waals surface area contributed by atoms with Gasteiger partial charge in [0, 0.05) is 44.2 Å². The number of carbonyl (C=O) groups excluding carboxylic acids is 3. The fourth-order valence-electron chi connectivity index (χ4n) is 4.41. The van der Waals surface area contributed by atoms with E-state index in [4.69, 9.17) is 0 Å². The van der Waals surface area contributed by atoms with Crippen LogP contribution in [0, 0.1) is 12.8 Å². The van der Waals surface area contributed by atoms with Crippen molar-refractivity contribution < 1.29 is 14.4 Å². The lowest BCUT2D eigenvalue weighted by atomic mass is 10.0. The van der Waals surface area contributed by atoms with Crippen molar-refractivity contribution in [1.82, 2.24) is 15.1 Å². The average Bonchev–Trinajstić information content (AvgIpc) is 3.15. The lowest BCUT2D eigenvalue weighted by Crippen LogP contribution is -2.48. The maximum Gasteiger partial charge on any atom is 0.253 e. The van der Waals surface area contributed by atoms with Gasteiger partial charge in [-0.3, -0.25) is 14.4 Å². The van der Waals surface area contributed by atoms with E-state index in [1.165, 1.54) is 0 Å². The first-order valence-electron chi connectivity index (χ1n) is 11.0. The topological polar surface area (TPSA) is 69.7 Å². The second-order valence-electron chi connectivity index (χ2n) is 8.61. The molecule has 162 valence electrons. The van der Waals surface area contributed by atoms with E-state index in [9.17, 15) is 14.4 Å². The van der Waals surface area contributed by atoms with E-state index in [0.29, 0.717) is 31.7 Å². The Labute approximate surface area is 183 Å². The molecule has 0 saturated carbocycles. The van der Waals surface area contributed by atoms with E-state index in [-0.39, 0.29) is 36.1 Å². The number of nitrogens with one attached hydrogen (secondary N) is 1. The van der Waals surface area contributed by atoms with Crippen LogP contribution in [0.15, 0.2) is 54.6 Å². The molecule has 2 aliphatic rings. The third-order valence-corrected chi connectivity index (χ3v) is 6.20. The first kappa shape index (κ1) is 21.1. The summed E-state index contributed by atoms with van der Waals surface area (Å²) in [6.45, 7) is 4.24. The van der Waals surface area contributed by atoms with Crippen LogP contribution in [0.3, 0.4) is 0 Å². The van der Waals surface area contributed by atoms with Crippen LogP contribution in [0.4, 0.5) is 0 Å². The molecule has 0 bridgehead atoms. The molecule has 2 aromatic rings. The maximum atomic E-state index is 12.8. The number of hydrogen-bond acceptors (Lipinski definition) is 3. The van der Waals surface area contributed by atoms with Crippen LogP contribution >= 0.6 is 0 Å². The summed E-state index contributed by atoms with van der Waals surface area (Å²) in [5.41, 5.74) is 2.86. The average molecular weight is 420 g/mol. The van der Waals surface area contributed by atoms with Crippen molar-refractivity contribution in [2.75, 3.05) is 19.6 Å². The van der Waals surface area contributed by atoms with Crippen molar-refractivity contribution in [3.63, 3.8) is 0 Å². The molecular formula is C25H29N3O3. The van der Waals surface area contributed by atoms with Gasteiger partial charge in [0.25, 0.3) is 5.91 Å². The van der Waals surface area contributed by atoms with Crippen molar-refractivity contribution in [1.29, 1.82) is 0 Å². The number of piperidine rings is 1. The van der Waals surface area contributed by atoms with Gasteiger partial charge in [-0.05, 0) is 37.5 Å². The highest BCUT2D eigenvalue weighted by Crippen LogP contribution is 2.22. The largest absolute Gasteiger partial charge is 0.353 e. The summed E-state index contributed by atoms with van der Waals surface area (Å²) >= 11 is 0. The fraction of sp³-hybridized carbons (Fsp3) is 0.400. The molecule has 6 heteroatoms. The minimum absolute atomic E-state index is 0.0302. The lowest BCUT2D eigenvalue weighted by Gasteiger charge is -2.33. The predicted molar refractivity (Wildman–Crippen MR) is 118 cm³/mol. The molecule has 1 atom stereocenters. The van der Waals surface area contributed by atoms with E-state index in [2.05, 4.69) is 5.32 Å². The van der Waals surface area contributed by atoms with Crippen molar-refractivity contribution in [2.24, 2.45) is 5.92 Å². The van der Waals surface area contributed by atoms with Crippen LogP contribution in [-0.4, -0.2) is 53.2 Å². The van der Waals surface area contributed by atoms with Crippen molar-refractivity contribution in [3.05, 3.63) is 71.3 Å². The van der Waals surface area contributed by atoms with Gasteiger partial charge in [-0.2, -0.15) is 0 Å².